The fourth-order valence-electron chi connectivity index (χ4n) is 10.8. The molecule has 0 radical (unpaired) electrons. The molecule has 0 amide bonds. The molecule has 0 aliphatic carbocycles. The number of rotatable bonds is 7. The van der Waals surface area contributed by atoms with Gasteiger partial charge >= 0.3 is 0 Å². The van der Waals surface area contributed by atoms with Crippen molar-refractivity contribution < 1.29 is 0 Å². The lowest BCUT2D eigenvalue weighted by Gasteiger charge is -2.30. The largest absolute Gasteiger partial charge is 0.328 e. The lowest BCUT2D eigenvalue weighted by atomic mass is 9.82. The number of anilines is 4. The minimum absolute atomic E-state index is 0.00878. The second-order valence-electron chi connectivity index (χ2n) is 21.1. The van der Waals surface area contributed by atoms with Crippen LogP contribution in [0.1, 0.15) is 82.5 Å². The smallest absolute Gasteiger partial charge is 0.137 e. The number of fused-ring (bicyclic) bond motifs is 7. The molecule has 68 heavy (non-hydrogen) atoms. The molecule has 0 fully saturated rings. The van der Waals surface area contributed by atoms with E-state index in [1.165, 1.54) is 113 Å². The average molecular weight is 887 g/mol. The van der Waals surface area contributed by atoms with Gasteiger partial charge in [-0.1, -0.05) is 145 Å². The molecule has 0 bridgehead atoms. The maximum atomic E-state index is 5.30. The van der Waals surface area contributed by atoms with Crippen LogP contribution in [0.3, 0.4) is 0 Å². The number of para-hydroxylation sites is 1. The van der Waals surface area contributed by atoms with Crippen molar-refractivity contribution in [2.75, 3.05) is 16.5 Å². The Bertz CT molecular complexity index is 3490. The number of hydrogen-bond donors (Lipinski definition) is 0. The highest BCUT2D eigenvalue weighted by molar-refractivity contribution is 6.09. The minimum atomic E-state index is -0.0564. The van der Waals surface area contributed by atoms with E-state index in [1.807, 2.05) is 6.20 Å². The van der Waals surface area contributed by atoms with Gasteiger partial charge in [0.05, 0.1) is 39.1 Å². The van der Waals surface area contributed by atoms with E-state index in [4.69, 9.17) is 9.97 Å². The van der Waals surface area contributed by atoms with E-state index in [2.05, 4.69) is 224 Å². The van der Waals surface area contributed by atoms with E-state index in [9.17, 15) is 0 Å². The number of pyridine rings is 1. The summed E-state index contributed by atoms with van der Waals surface area (Å²) in [6, 6.07) is 61.1. The molecule has 0 N–H and O–H groups in total. The summed E-state index contributed by atoms with van der Waals surface area (Å²) in [5.74, 6) is 2.15. The fraction of sp³-hybridized carbons (Fsp3) is 0.226. The molecular formula is C62H58N6. The van der Waals surface area contributed by atoms with Gasteiger partial charge in [-0.3, -0.25) is 4.57 Å². The fourth-order valence-corrected chi connectivity index (χ4v) is 10.8. The monoisotopic (exact) mass is 886 g/mol. The molecule has 3 aromatic heterocycles. The highest BCUT2D eigenvalue weighted by Gasteiger charge is 2.34. The summed E-state index contributed by atoms with van der Waals surface area (Å²) in [6.07, 6.45) is 6.14. The summed E-state index contributed by atoms with van der Waals surface area (Å²) in [7, 11) is 0. The van der Waals surface area contributed by atoms with Crippen LogP contribution in [0.25, 0.3) is 60.9 Å². The summed E-state index contributed by atoms with van der Waals surface area (Å²) in [6.45, 7) is 15.4. The Balaban J connectivity index is 0.999. The summed E-state index contributed by atoms with van der Waals surface area (Å²) >= 11 is 0. The predicted molar refractivity (Wildman–Crippen MR) is 284 cm³/mol. The first-order chi connectivity index (χ1) is 33.0. The lowest BCUT2D eigenvalue weighted by molar-refractivity contribution is 0.533. The molecule has 7 aromatic carbocycles. The van der Waals surface area contributed by atoms with Gasteiger partial charge in [-0.25, -0.2) is 9.97 Å². The summed E-state index contributed by atoms with van der Waals surface area (Å²) in [5.41, 5.74) is 19.4. The molecule has 2 aliphatic heterocycles. The van der Waals surface area contributed by atoms with Gasteiger partial charge in [0, 0.05) is 46.7 Å². The molecule has 0 saturated carbocycles. The van der Waals surface area contributed by atoms with E-state index in [0.717, 1.165) is 30.7 Å². The normalized spacial score (nSPS) is 14.0. The van der Waals surface area contributed by atoms with Crippen LogP contribution in [0.5, 0.6) is 0 Å². The summed E-state index contributed by atoms with van der Waals surface area (Å²) < 4.78 is 4.83. The van der Waals surface area contributed by atoms with Crippen LogP contribution in [-0.4, -0.2) is 25.8 Å². The van der Waals surface area contributed by atoms with E-state index in [0.29, 0.717) is 6.67 Å². The van der Waals surface area contributed by atoms with Crippen molar-refractivity contribution in [3.63, 3.8) is 0 Å². The van der Waals surface area contributed by atoms with Crippen LogP contribution in [0, 0.1) is 0 Å². The van der Waals surface area contributed by atoms with Gasteiger partial charge in [-0.15, -0.1) is 0 Å². The van der Waals surface area contributed by atoms with Gasteiger partial charge in [0.2, 0.25) is 0 Å². The standard InChI is InChI=1S/C62H58N6/c1-61(2,3)45-29-30-63-59(37-45)68-53-25-14-13-24-48(53)49-28-27-42(34-54(49)68)32-41-18-17-23-47(33-41)66-40-67(57-39-55-52(38-56(57)66)64-58-26-15-16-31-65(55)58)60-50(43-19-9-7-10-20-43)35-46(62(4,5)6)36-51(60)44-21-11-8-12-22-44/h7-14,17-25,27-30,33-39H,15-16,26,31-32,40H2,1-6H3. The zero-order valence-corrected chi connectivity index (χ0v) is 40.1. The molecule has 10 aromatic rings. The van der Waals surface area contributed by atoms with Gasteiger partial charge in [0.25, 0.3) is 0 Å². The van der Waals surface area contributed by atoms with Crippen molar-refractivity contribution >= 4 is 55.6 Å². The third-order valence-electron chi connectivity index (χ3n) is 14.4. The third kappa shape index (κ3) is 7.25. The molecular weight excluding hydrogens is 829 g/mol. The van der Waals surface area contributed by atoms with Crippen molar-refractivity contribution in [2.45, 2.75) is 84.6 Å². The molecule has 2 aliphatic rings. The number of benzene rings is 7. The van der Waals surface area contributed by atoms with Crippen molar-refractivity contribution in [3.8, 4) is 28.1 Å². The highest BCUT2D eigenvalue weighted by Crippen LogP contribution is 2.52. The van der Waals surface area contributed by atoms with Crippen molar-refractivity contribution in [1.29, 1.82) is 0 Å². The second-order valence-corrected chi connectivity index (χ2v) is 21.1. The molecule has 6 heteroatoms. The van der Waals surface area contributed by atoms with Gasteiger partial charge < -0.3 is 14.4 Å². The van der Waals surface area contributed by atoms with E-state index in [1.54, 1.807) is 0 Å². The van der Waals surface area contributed by atoms with E-state index >= 15 is 0 Å². The molecule has 6 nitrogen and oxygen atoms in total. The number of aromatic nitrogens is 4. The maximum absolute atomic E-state index is 5.30. The Kier molecular flexibility index (Phi) is 9.95. The SMILES string of the molecule is CC(C)(C)c1ccnc(-n2c3ccccc3c3ccc(Cc4cccc(N5CN(c6c(-c7ccccc7)cc(C(C)(C)C)cc6-c6ccccc6)c6cc7c(cc65)nc5n7CCCC5)c4)cc32)c1. The first-order valence-electron chi connectivity index (χ1n) is 24.4. The quantitative estimate of drug-likeness (QED) is 0.160. The lowest BCUT2D eigenvalue weighted by Crippen LogP contribution is -2.25. The Labute approximate surface area is 400 Å². The van der Waals surface area contributed by atoms with Crippen LogP contribution >= 0.6 is 0 Å². The number of imidazole rings is 1. The Morgan fingerprint density at radius 1 is 0.529 bits per heavy atom. The zero-order chi connectivity index (χ0) is 46.3. The average Bonchev–Trinajstić information content (AvgIpc) is 4.02. The molecule has 5 heterocycles. The Hall–Kier alpha value is -7.44. The first-order valence-corrected chi connectivity index (χ1v) is 24.4. The van der Waals surface area contributed by atoms with Gasteiger partial charge in [-0.05, 0) is 124 Å². The maximum Gasteiger partial charge on any atom is 0.137 e. The second kappa shape index (κ2) is 16.1. The minimum Gasteiger partial charge on any atom is -0.328 e. The van der Waals surface area contributed by atoms with Gasteiger partial charge in [0.1, 0.15) is 18.3 Å². The van der Waals surface area contributed by atoms with Crippen LogP contribution in [0.4, 0.5) is 22.7 Å². The van der Waals surface area contributed by atoms with Crippen molar-refractivity contribution in [2.24, 2.45) is 0 Å². The van der Waals surface area contributed by atoms with E-state index in [-0.39, 0.29) is 10.8 Å². The predicted octanol–water partition coefficient (Wildman–Crippen LogP) is 15.6. The molecule has 0 atom stereocenters. The topological polar surface area (TPSA) is 42.1 Å². The molecule has 0 spiro atoms. The molecule has 12 rings (SSSR count). The first kappa shape index (κ1) is 42.0. The van der Waals surface area contributed by atoms with Crippen molar-refractivity contribution in [1.82, 2.24) is 19.1 Å². The summed E-state index contributed by atoms with van der Waals surface area (Å²) in [4.78, 5) is 15.4. The highest BCUT2D eigenvalue weighted by atomic mass is 15.4. The van der Waals surface area contributed by atoms with Crippen LogP contribution < -0.4 is 9.80 Å². The van der Waals surface area contributed by atoms with Crippen LogP contribution in [0.2, 0.25) is 0 Å². The molecule has 0 unspecified atom stereocenters. The zero-order valence-electron chi connectivity index (χ0n) is 40.1. The Morgan fingerprint density at radius 2 is 1.21 bits per heavy atom. The van der Waals surface area contributed by atoms with Gasteiger partial charge in [-0.2, -0.15) is 0 Å². The van der Waals surface area contributed by atoms with Crippen LogP contribution in [-0.2, 0) is 30.2 Å². The van der Waals surface area contributed by atoms with E-state index < -0.39 is 0 Å². The van der Waals surface area contributed by atoms with Crippen LogP contribution in [0.15, 0.2) is 170 Å². The number of nitrogens with zero attached hydrogens (tertiary/aromatic N) is 6. The number of hydrogen-bond acceptors (Lipinski definition) is 4. The van der Waals surface area contributed by atoms with Crippen molar-refractivity contribution in [3.05, 3.63) is 198 Å². The molecule has 0 saturated heterocycles. The summed E-state index contributed by atoms with van der Waals surface area (Å²) in [5, 5.41) is 2.48. The van der Waals surface area contributed by atoms with Gasteiger partial charge in [0.15, 0.2) is 0 Å². The number of aryl methyl sites for hydroxylation is 2. The molecule has 336 valence electrons. The Morgan fingerprint density at radius 3 is 1.94 bits per heavy atom. The third-order valence-corrected chi connectivity index (χ3v) is 14.4.